The van der Waals surface area contributed by atoms with Crippen molar-refractivity contribution in [2.75, 3.05) is 26.5 Å². The highest BCUT2D eigenvalue weighted by molar-refractivity contribution is 7.89. The van der Waals surface area contributed by atoms with Crippen molar-refractivity contribution in [1.29, 1.82) is 0 Å². The number of carbonyl (C=O) groups is 1. The molecular formula is C23H23FN2O6S. The van der Waals surface area contributed by atoms with Crippen molar-refractivity contribution in [1.82, 2.24) is 4.31 Å². The Morgan fingerprint density at radius 3 is 2.52 bits per heavy atom. The van der Waals surface area contributed by atoms with E-state index in [2.05, 4.69) is 0 Å². The SMILES string of the molecule is COc1cc(S(=O)(=O)N(C)Cc2ccc(OCC(=O)O)c(-c3cccc(N)c3)c2)ccc1F. The van der Waals surface area contributed by atoms with Gasteiger partial charge in [-0.3, -0.25) is 0 Å². The summed E-state index contributed by atoms with van der Waals surface area (Å²) in [6, 6.07) is 15.2. The largest absolute Gasteiger partial charge is 0.494 e. The molecule has 0 atom stereocenters. The number of sulfonamides is 1. The van der Waals surface area contributed by atoms with Crippen LogP contribution in [0.3, 0.4) is 0 Å². The predicted octanol–water partition coefficient (Wildman–Crippen LogP) is 3.37. The second kappa shape index (κ2) is 9.88. The summed E-state index contributed by atoms with van der Waals surface area (Å²) in [4.78, 5) is 10.8. The molecule has 0 amide bonds. The normalized spacial score (nSPS) is 11.4. The van der Waals surface area contributed by atoms with Crippen LogP contribution in [-0.2, 0) is 21.4 Å². The van der Waals surface area contributed by atoms with Gasteiger partial charge < -0.3 is 20.3 Å². The van der Waals surface area contributed by atoms with Crippen LogP contribution in [0.1, 0.15) is 5.56 Å². The first-order valence-electron chi connectivity index (χ1n) is 9.75. The summed E-state index contributed by atoms with van der Waals surface area (Å²) in [5.41, 5.74) is 8.26. The third-order valence-electron chi connectivity index (χ3n) is 4.83. The molecule has 0 saturated carbocycles. The number of rotatable bonds is 9. The van der Waals surface area contributed by atoms with Gasteiger partial charge in [-0.1, -0.05) is 18.2 Å². The molecule has 3 aromatic carbocycles. The van der Waals surface area contributed by atoms with Crippen LogP contribution in [0.25, 0.3) is 11.1 Å². The first kappa shape index (κ1) is 24.0. The smallest absolute Gasteiger partial charge is 0.341 e. The van der Waals surface area contributed by atoms with Crippen LogP contribution < -0.4 is 15.2 Å². The van der Waals surface area contributed by atoms with Gasteiger partial charge in [0.05, 0.1) is 12.0 Å². The Morgan fingerprint density at radius 1 is 1.09 bits per heavy atom. The monoisotopic (exact) mass is 474 g/mol. The van der Waals surface area contributed by atoms with Crippen LogP contribution in [0.5, 0.6) is 11.5 Å². The average Bonchev–Trinajstić information content (AvgIpc) is 2.78. The Kier molecular flexibility index (Phi) is 7.19. The lowest BCUT2D eigenvalue weighted by Crippen LogP contribution is -2.26. The number of aliphatic carboxylic acids is 1. The van der Waals surface area contributed by atoms with Gasteiger partial charge in [-0.05, 0) is 47.5 Å². The Morgan fingerprint density at radius 2 is 1.85 bits per heavy atom. The van der Waals surface area contributed by atoms with Gasteiger partial charge >= 0.3 is 5.97 Å². The molecule has 0 heterocycles. The molecule has 0 aromatic heterocycles. The molecule has 3 rings (SSSR count). The van der Waals surface area contributed by atoms with Crippen molar-refractivity contribution in [2.45, 2.75) is 11.4 Å². The number of hydrogen-bond acceptors (Lipinski definition) is 6. The Bertz CT molecular complexity index is 1280. The van der Waals surface area contributed by atoms with Crippen LogP contribution in [-0.4, -0.2) is 44.6 Å². The standard InChI is InChI=1S/C23H23FN2O6S/c1-26(33(29,30)18-7-8-20(24)22(12-18)31-2)13-15-6-9-21(32-14-23(27)28)19(10-15)16-4-3-5-17(25)11-16/h3-12H,13-14,25H2,1-2H3,(H,27,28). The number of nitrogen functional groups attached to an aromatic ring is 1. The highest BCUT2D eigenvalue weighted by atomic mass is 32.2. The van der Waals surface area contributed by atoms with E-state index >= 15 is 0 Å². The lowest BCUT2D eigenvalue weighted by atomic mass is 10.0. The minimum Gasteiger partial charge on any atom is -0.494 e. The summed E-state index contributed by atoms with van der Waals surface area (Å²) < 4.78 is 51.1. The zero-order valence-electron chi connectivity index (χ0n) is 18.0. The minimum atomic E-state index is -3.94. The molecule has 0 aliphatic rings. The molecule has 10 heteroatoms. The highest BCUT2D eigenvalue weighted by Gasteiger charge is 2.23. The third-order valence-corrected chi connectivity index (χ3v) is 6.63. The van der Waals surface area contributed by atoms with Crippen molar-refractivity contribution < 1.29 is 32.2 Å². The van der Waals surface area contributed by atoms with Crippen LogP contribution in [0, 0.1) is 5.82 Å². The molecule has 8 nitrogen and oxygen atoms in total. The van der Waals surface area contributed by atoms with E-state index in [9.17, 15) is 17.6 Å². The number of anilines is 1. The maximum atomic E-state index is 13.7. The number of benzene rings is 3. The first-order valence-corrected chi connectivity index (χ1v) is 11.2. The molecule has 174 valence electrons. The predicted molar refractivity (Wildman–Crippen MR) is 121 cm³/mol. The summed E-state index contributed by atoms with van der Waals surface area (Å²) in [5, 5.41) is 8.96. The van der Waals surface area contributed by atoms with Gasteiger partial charge in [0.2, 0.25) is 10.0 Å². The summed E-state index contributed by atoms with van der Waals surface area (Å²) in [6.45, 7) is -0.536. The summed E-state index contributed by atoms with van der Waals surface area (Å²) in [5.74, 6) is -1.64. The van der Waals surface area contributed by atoms with E-state index in [1.54, 1.807) is 42.5 Å². The maximum absolute atomic E-state index is 13.7. The number of carboxylic acids is 1. The number of halogens is 1. The van der Waals surface area contributed by atoms with Gasteiger partial charge in [0.25, 0.3) is 0 Å². The van der Waals surface area contributed by atoms with E-state index in [0.29, 0.717) is 28.1 Å². The van der Waals surface area contributed by atoms with Gasteiger partial charge in [0, 0.05) is 30.9 Å². The number of methoxy groups -OCH3 is 1. The summed E-state index contributed by atoms with van der Waals surface area (Å²) >= 11 is 0. The van der Waals surface area contributed by atoms with E-state index in [0.717, 1.165) is 16.4 Å². The molecule has 0 bridgehead atoms. The van der Waals surface area contributed by atoms with Crippen molar-refractivity contribution in [3.63, 3.8) is 0 Å². The molecule has 0 aliphatic heterocycles. The van der Waals surface area contributed by atoms with E-state index in [-0.39, 0.29) is 17.2 Å². The Balaban J connectivity index is 1.94. The third kappa shape index (κ3) is 5.60. The quantitative estimate of drug-likeness (QED) is 0.456. The second-order valence-corrected chi connectivity index (χ2v) is 9.24. The van der Waals surface area contributed by atoms with Crippen molar-refractivity contribution in [2.24, 2.45) is 0 Å². The highest BCUT2D eigenvalue weighted by Crippen LogP contribution is 2.33. The van der Waals surface area contributed by atoms with E-state index < -0.39 is 28.4 Å². The zero-order valence-corrected chi connectivity index (χ0v) is 18.8. The number of carboxylic acid groups (broad SMARTS) is 1. The topological polar surface area (TPSA) is 119 Å². The van der Waals surface area contributed by atoms with Gasteiger partial charge in [-0.25, -0.2) is 17.6 Å². The van der Waals surface area contributed by atoms with Gasteiger partial charge in [0.1, 0.15) is 5.75 Å². The fraction of sp³-hybridized carbons (Fsp3) is 0.174. The fourth-order valence-electron chi connectivity index (χ4n) is 3.20. The second-order valence-electron chi connectivity index (χ2n) is 7.20. The van der Waals surface area contributed by atoms with Crippen LogP contribution >= 0.6 is 0 Å². The minimum absolute atomic E-state index is 0.00342. The molecule has 0 saturated heterocycles. The summed E-state index contributed by atoms with van der Waals surface area (Å²) in [6.07, 6.45) is 0. The molecule has 0 fully saturated rings. The van der Waals surface area contributed by atoms with Crippen LogP contribution in [0.2, 0.25) is 0 Å². The molecule has 3 N–H and O–H groups in total. The molecule has 0 radical (unpaired) electrons. The number of hydrogen-bond donors (Lipinski definition) is 2. The molecule has 0 spiro atoms. The van der Waals surface area contributed by atoms with Crippen molar-refractivity contribution in [3.05, 3.63) is 72.0 Å². The van der Waals surface area contributed by atoms with Gasteiger partial charge in [-0.2, -0.15) is 4.31 Å². The molecule has 0 unspecified atom stereocenters. The van der Waals surface area contributed by atoms with E-state index in [4.69, 9.17) is 20.3 Å². The number of nitrogens with two attached hydrogens (primary N) is 1. The lowest BCUT2D eigenvalue weighted by molar-refractivity contribution is -0.139. The summed E-state index contributed by atoms with van der Waals surface area (Å²) in [7, 11) is -1.29. The van der Waals surface area contributed by atoms with Crippen LogP contribution in [0.15, 0.2) is 65.6 Å². The molecule has 3 aromatic rings. The Hall–Kier alpha value is -3.63. The average molecular weight is 475 g/mol. The van der Waals surface area contributed by atoms with Gasteiger partial charge in [0.15, 0.2) is 18.2 Å². The van der Waals surface area contributed by atoms with Gasteiger partial charge in [-0.15, -0.1) is 0 Å². The van der Waals surface area contributed by atoms with Crippen LogP contribution in [0.4, 0.5) is 10.1 Å². The molecule has 0 aliphatic carbocycles. The Labute approximate surface area is 191 Å². The lowest BCUT2D eigenvalue weighted by Gasteiger charge is -2.19. The fourth-order valence-corrected chi connectivity index (χ4v) is 4.37. The maximum Gasteiger partial charge on any atom is 0.341 e. The zero-order chi connectivity index (χ0) is 24.2. The number of ether oxygens (including phenoxy) is 2. The molecular weight excluding hydrogens is 451 g/mol. The molecule has 33 heavy (non-hydrogen) atoms. The van der Waals surface area contributed by atoms with Crippen molar-refractivity contribution in [3.8, 4) is 22.6 Å². The van der Waals surface area contributed by atoms with E-state index in [1.807, 2.05) is 0 Å². The van der Waals surface area contributed by atoms with Crippen molar-refractivity contribution >= 4 is 21.7 Å². The van der Waals surface area contributed by atoms with E-state index in [1.165, 1.54) is 20.2 Å². The number of nitrogens with zero attached hydrogens (tertiary/aromatic N) is 1. The first-order chi connectivity index (χ1) is 15.6.